The lowest BCUT2D eigenvalue weighted by molar-refractivity contribution is 0.669. The number of nitrogens with zero attached hydrogens (tertiary/aromatic N) is 2. The number of hydrogen-bond donors (Lipinski definition) is 0. The Hall–Kier alpha value is -6.56. The normalized spacial score (nSPS) is 11.9. The van der Waals surface area contributed by atoms with E-state index in [9.17, 15) is 0 Å². The van der Waals surface area contributed by atoms with Crippen LogP contribution in [0.4, 0.5) is 0 Å². The van der Waals surface area contributed by atoms with Crippen LogP contribution in [0.15, 0.2) is 167 Å². The van der Waals surface area contributed by atoms with Gasteiger partial charge in [-0.3, -0.25) is 0 Å². The number of fused-ring (bicyclic) bond motifs is 9. The zero-order valence-electron chi connectivity index (χ0n) is 27.1. The maximum atomic E-state index is 6.38. The molecule has 0 unspecified atom stereocenters. The van der Waals surface area contributed by atoms with Gasteiger partial charge in [0.25, 0.3) is 0 Å². The Bertz CT molecular complexity index is 3170. The summed E-state index contributed by atoms with van der Waals surface area (Å²) in [5.41, 5.74) is 13.2. The van der Waals surface area contributed by atoms with Gasteiger partial charge in [0.1, 0.15) is 28.7 Å². The van der Waals surface area contributed by atoms with E-state index in [-0.39, 0.29) is 0 Å². The summed E-state index contributed by atoms with van der Waals surface area (Å²) in [5.74, 6) is 0. The lowest BCUT2D eigenvalue weighted by Crippen LogP contribution is -1.87. The zero-order chi connectivity index (χ0) is 33.5. The predicted octanol–water partition coefficient (Wildman–Crippen LogP) is 13.3. The second kappa shape index (κ2) is 11.0. The first-order chi connectivity index (χ1) is 25.3. The van der Waals surface area contributed by atoms with Crippen LogP contribution < -0.4 is 0 Å². The zero-order valence-corrected chi connectivity index (χ0v) is 27.9. The first-order valence-corrected chi connectivity index (χ1v) is 17.8. The molecule has 0 spiro atoms. The fourth-order valence-corrected chi connectivity index (χ4v) is 8.76. The van der Waals surface area contributed by atoms with Crippen molar-refractivity contribution in [3.8, 4) is 44.6 Å². The molecule has 4 heterocycles. The van der Waals surface area contributed by atoms with Crippen molar-refractivity contribution in [2.45, 2.75) is 0 Å². The maximum absolute atomic E-state index is 6.38. The first kappa shape index (κ1) is 28.3. The van der Waals surface area contributed by atoms with Crippen LogP contribution >= 0.6 is 11.3 Å². The molecule has 7 aromatic carbocycles. The van der Waals surface area contributed by atoms with Gasteiger partial charge >= 0.3 is 0 Å². The van der Waals surface area contributed by atoms with E-state index < -0.39 is 0 Å². The predicted molar refractivity (Wildman–Crippen MR) is 211 cm³/mol. The van der Waals surface area contributed by atoms with Crippen LogP contribution in [0.3, 0.4) is 0 Å². The third-order valence-corrected chi connectivity index (χ3v) is 11.2. The van der Waals surface area contributed by atoms with Crippen LogP contribution in [-0.2, 0) is 0 Å². The van der Waals surface area contributed by atoms with Crippen LogP contribution in [0.5, 0.6) is 0 Å². The summed E-state index contributed by atoms with van der Waals surface area (Å²) in [6.07, 6.45) is 1.69. The molecule has 4 nitrogen and oxygen atoms in total. The lowest BCUT2D eigenvalue weighted by atomic mass is 9.97. The van der Waals surface area contributed by atoms with Gasteiger partial charge in [-0.1, -0.05) is 115 Å². The highest BCUT2D eigenvalue weighted by Crippen LogP contribution is 2.42. The van der Waals surface area contributed by atoms with Crippen molar-refractivity contribution in [3.05, 3.63) is 158 Å². The van der Waals surface area contributed by atoms with Gasteiger partial charge in [-0.05, 0) is 58.7 Å². The number of hydrogen-bond acceptors (Lipinski definition) is 5. The summed E-state index contributed by atoms with van der Waals surface area (Å²) in [6.45, 7) is 0. The molecule has 0 fully saturated rings. The second-order valence-electron chi connectivity index (χ2n) is 12.9. The SMILES string of the molecule is c1cc(-c2ccc3sc4c(-c5cccc(-c6cccc7c6oc6ccccc67)c5)ncnc4c3c2)cc(-c2cccc3c2oc2ccccc23)c1. The van der Waals surface area contributed by atoms with Crippen LogP contribution in [0.1, 0.15) is 0 Å². The molecule has 0 atom stereocenters. The summed E-state index contributed by atoms with van der Waals surface area (Å²) >= 11 is 1.74. The van der Waals surface area contributed by atoms with E-state index in [1.807, 2.05) is 24.3 Å². The smallest absolute Gasteiger partial charge is 0.143 e. The molecule has 0 aliphatic carbocycles. The number of rotatable bonds is 4. The van der Waals surface area contributed by atoms with Gasteiger partial charge in [-0.25, -0.2) is 9.97 Å². The largest absolute Gasteiger partial charge is 0.455 e. The van der Waals surface area contributed by atoms with Gasteiger partial charge in [0.15, 0.2) is 0 Å². The molecule has 0 aliphatic heterocycles. The van der Waals surface area contributed by atoms with Crippen molar-refractivity contribution >= 4 is 75.5 Å². The number of thiophene rings is 1. The molecule has 0 N–H and O–H groups in total. The monoisotopic (exact) mass is 670 g/mol. The van der Waals surface area contributed by atoms with E-state index in [0.717, 1.165) is 104 Å². The van der Waals surface area contributed by atoms with Crippen molar-refractivity contribution in [2.24, 2.45) is 0 Å². The molecule has 0 radical (unpaired) electrons. The molecule has 4 aromatic heterocycles. The van der Waals surface area contributed by atoms with Gasteiger partial charge < -0.3 is 8.83 Å². The van der Waals surface area contributed by atoms with E-state index in [4.69, 9.17) is 18.8 Å². The topological polar surface area (TPSA) is 52.1 Å². The highest BCUT2D eigenvalue weighted by atomic mass is 32.1. The van der Waals surface area contributed by atoms with E-state index in [2.05, 4.69) is 127 Å². The van der Waals surface area contributed by atoms with Crippen LogP contribution in [-0.4, -0.2) is 9.97 Å². The lowest BCUT2D eigenvalue weighted by Gasteiger charge is -2.08. The van der Waals surface area contributed by atoms with Gasteiger partial charge in [0.2, 0.25) is 0 Å². The van der Waals surface area contributed by atoms with E-state index in [1.165, 1.54) is 4.70 Å². The van der Waals surface area contributed by atoms with E-state index in [0.29, 0.717) is 0 Å². The quantitative estimate of drug-likeness (QED) is 0.187. The van der Waals surface area contributed by atoms with Crippen molar-refractivity contribution in [3.63, 3.8) is 0 Å². The molecule has 0 amide bonds. The number of furan rings is 2. The summed E-state index contributed by atoms with van der Waals surface area (Å²) in [5, 5.41) is 5.65. The van der Waals surface area contributed by atoms with Crippen LogP contribution in [0, 0.1) is 0 Å². The summed E-state index contributed by atoms with van der Waals surface area (Å²) < 4.78 is 15.0. The second-order valence-corrected chi connectivity index (χ2v) is 14.0. The third kappa shape index (κ3) is 4.38. The standard InChI is InChI=1S/C46H26N2O2S/c1-3-19-39-34(13-1)36-17-7-15-32(44(36)49-39)29-10-5-9-27(23-29)28-21-22-41-38(25-28)43-46(51-41)42(47-26-48-43)31-12-6-11-30(24-31)33-16-8-18-37-35-14-2-4-20-40(35)50-45(33)37/h1-26H. The van der Waals surface area contributed by atoms with Gasteiger partial charge in [-0.15, -0.1) is 11.3 Å². The fourth-order valence-electron chi connectivity index (χ4n) is 7.61. The van der Waals surface area contributed by atoms with Crippen LogP contribution in [0.25, 0.3) is 109 Å². The summed E-state index contributed by atoms with van der Waals surface area (Å²) in [6, 6.07) is 53.2. The Labute approximate surface area is 295 Å². The highest BCUT2D eigenvalue weighted by molar-refractivity contribution is 7.26. The van der Waals surface area contributed by atoms with Gasteiger partial charge in [-0.2, -0.15) is 0 Å². The molecular weight excluding hydrogens is 645 g/mol. The molecule has 0 aliphatic rings. The van der Waals surface area contributed by atoms with Crippen molar-refractivity contribution < 1.29 is 8.83 Å². The molecule has 5 heteroatoms. The summed E-state index contributed by atoms with van der Waals surface area (Å²) in [7, 11) is 0. The first-order valence-electron chi connectivity index (χ1n) is 17.0. The Morgan fingerprint density at radius 2 is 0.961 bits per heavy atom. The Kier molecular flexibility index (Phi) is 6.09. The molecule has 0 saturated carbocycles. The Balaban J connectivity index is 1.00. The van der Waals surface area contributed by atoms with Gasteiger partial charge in [0, 0.05) is 48.3 Å². The average molecular weight is 671 g/mol. The van der Waals surface area contributed by atoms with Crippen molar-refractivity contribution in [1.29, 1.82) is 0 Å². The molecule has 11 rings (SSSR count). The molecular formula is C46H26N2O2S. The molecule has 11 aromatic rings. The number of aromatic nitrogens is 2. The van der Waals surface area contributed by atoms with Gasteiger partial charge in [0.05, 0.1) is 15.9 Å². The number of benzene rings is 7. The maximum Gasteiger partial charge on any atom is 0.143 e. The van der Waals surface area contributed by atoms with E-state index in [1.54, 1.807) is 17.7 Å². The van der Waals surface area contributed by atoms with E-state index >= 15 is 0 Å². The summed E-state index contributed by atoms with van der Waals surface area (Å²) in [4.78, 5) is 9.67. The minimum absolute atomic E-state index is 0.897. The highest BCUT2D eigenvalue weighted by Gasteiger charge is 2.17. The average Bonchev–Trinajstić information content (AvgIpc) is 3.89. The third-order valence-electron chi connectivity index (χ3n) is 10.0. The van der Waals surface area contributed by atoms with Crippen LogP contribution in [0.2, 0.25) is 0 Å². The van der Waals surface area contributed by atoms with Crippen molar-refractivity contribution in [1.82, 2.24) is 9.97 Å². The minimum Gasteiger partial charge on any atom is -0.455 e. The molecule has 0 bridgehead atoms. The molecule has 238 valence electrons. The number of para-hydroxylation sites is 4. The van der Waals surface area contributed by atoms with Crippen molar-refractivity contribution in [2.75, 3.05) is 0 Å². The molecule has 0 saturated heterocycles. The Morgan fingerprint density at radius 1 is 0.412 bits per heavy atom. The minimum atomic E-state index is 0.897. The fraction of sp³-hybridized carbons (Fsp3) is 0. The molecule has 51 heavy (non-hydrogen) atoms. The Morgan fingerprint density at radius 3 is 1.65 bits per heavy atom.